The third-order valence-electron chi connectivity index (χ3n) is 3.25. The van der Waals surface area contributed by atoms with Gasteiger partial charge in [-0.3, -0.25) is 19.7 Å². The molecule has 0 radical (unpaired) electrons. The van der Waals surface area contributed by atoms with Gasteiger partial charge in [0.05, 0.1) is 6.10 Å². The summed E-state index contributed by atoms with van der Waals surface area (Å²) in [6.45, 7) is 5.06. The summed E-state index contributed by atoms with van der Waals surface area (Å²) in [4.78, 5) is 36.4. The van der Waals surface area contributed by atoms with Gasteiger partial charge >= 0.3 is 0 Å². The summed E-state index contributed by atoms with van der Waals surface area (Å²) >= 11 is 0. The van der Waals surface area contributed by atoms with Gasteiger partial charge in [0, 0.05) is 13.5 Å². The van der Waals surface area contributed by atoms with Crippen LogP contribution in [0.25, 0.3) is 0 Å². The fourth-order valence-corrected chi connectivity index (χ4v) is 1.76. The molecular weight excluding hydrogens is 236 g/mol. The zero-order valence-electron chi connectivity index (χ0n) is 11.3. The van der Waals surface area contributed by atoms with Crippen molar-refractivity contribution in [3.63, 3.8) is 0 Å². The lowest BCUT2D eigenvalue weighted by Gasteiger charge is -2.40. The van der Waals surface area contributed by atoms with E-state index < -0.39 is 17.4 Å². The minimum Gasteiger partial charge on any atom is -0.382 e. The molecular formula is C12H20N2O4. The highest BCUT2D eigenvalue weighted by Crippen LogP contribution is 2.20. The minimum absolute atomic E-state index is 0.0219. The number of amides is 3. The van der Waals surface area contributed by atoms with Gasteiger partial charge in [-0.15, -0.1) is 0 Å². The van der Waals surface area contributed by atoms with Crippen molar-refractivity contribution >= 4 is 17.7 Å². The maximum atomic E-state index is 12.1. The predicted octanol–water partition coefficient (Wildman–Crippen LogP) is 0.0651. The Morgan fingerprint density at radius 2 is 2.11 bits per heavy atom. The van der Waals surface area contributed by atoms with E-state index >= 15 is 0 Å². The van der Waals surface area contributed by atoms with Crippen molar-refractivity contribution in [3.8, 4) is 0 Å². The molecule has 1 saturated heterocycles. The Bertz CT molecular complexity index is 365. The first-order chi connectivity index (χ1) is 8.28. The number of rotatable bonds is 4. The van der Waals surface area contributed by atoms with Crippen molar-refractivity contribution in [3.05, 3.63) is 0 Å². The molecule has 18 heavy (non-hydrogen) atoms. The standard InChI is InChI=1S/C12H20N2O4/c1-8(18-4)5-6-10(16)14-7-9(15)13-11(17)12(14,2)3/h8H,5-7H2,1-4H3,(H,13,15,17). The zero-order chi connectivity index (χ0) is 13.9. The van der Waals surface area contributed by atoms with Gasteiger partial charge in [0.2, 0.25) is 11.8 Å². The molecule has 0 saturated carbocycles. The molecule has 3 amide bonds. The Hall–Kier alpha value is -1.43. The summed E-state index contributed by atoms with van der Waals surface area (Å²) < 4.78 is 5.07. The average molecular weight is 256 g/mol. The molecule has 1 rings (SSSR count). The molecule has 0 aromatic rings. The van der Waals surface area contributed by atoms with E-state index in [1.165, 1.54) is 4.90 Å². The van der Waals surface area contributed by atoms with E-state index in [0.717, 1.165) is 0 Å². The number of imide groups is 1. The van der Waals surface area contributed by atoms with Crippen LogP contribution in [0.15, 0.2) is 0 Å². The Morgan fingerprint density at radius 3 is 2.67 bits per heavy atom. The number of nitrogens with one attached hydrogen (secondary N) is 1. The van der Waals surface area contributed by atoms with Crippen LogP contribution in [-0.2, 0) is 19.1 Å². The summed E-state index contributed by atoms with van der Waals surface area (Å²) in [5.41, 5.74) is -0.985. The number of hydrogen-bond acceptors (Lipinski definition) is 4. The van der Waals surface area contributed by atoms with Crippen LogP contribution in [0.2, 0.25) is 0 Å². The molecule has 102 valence electrons. The minimum atomic E-state index is -0.985. The van der Waals surface area contributed by atoms with Crippen LogP contribution >= 0.6 is 0 Å². The molecule has 6 heteroatoms. The molecule has 0 aliphatic carbocycles. The van der Waals surface area contributed by atoms with E-state index in [0.29, 0.717) is 6.42 Å². The monoisotopic (exact) mass is 256 g/mol. The second-order valence-corrected chi connectivity index (χ2v) is 5.00. The van der Waals surface area contributed by atoms with Gasteiger partial charge in [-0.1, -0.05) is 0 Å². The first-order valence-electron chi connectivity index (χ1n) is 5.96. The molecule has 1 fully saturated rings. The van der Waals surface area contributed by atoms with Gasteiger partial charge in [-0.05, 0) is 27.2 Å². The van der Waals surface area contributed by atoms with Crippen molar-refractivity contribution in [2.75, 3.05) is 13.7 Å². The lowest BCUT2D eigenvalue weighted by molar-refractivity contribution is -0.155. The van der Waals surface area contributed by atoms with Gasteiger partial charge in [-0.25, -0.2) is 0 Å². The number of methoxy groups -OCH3 is 1. The van der Waals surface area contributed by atoms with Crippen molar-refractivity contribution in [2.45, 2.75) is 45.3 Å². The number of nitrogens with zero attached hydrogens (tertiary/aromatic N) is 1. The summed E-state index contributed by atoms with van der Waals surface area (Å²) in [5.74, 6) is -1.08. The highest BCUT2D eigenvalue weighted by atomic mass is 16.5. The Morgan fingerprint density at radius 1 is 1.50 bits per heavy atom. The maximum Gasteiger partial charge on any atom is 0.252 e. The molecule has 6 nitrogen and oxygen atoms in total. The molecule has 1 atom stereocenters. The first-order valence-corrected chi connectivity index (χ1v) is 5.96. The van der Waals surface area contributed by atoms with E-state index in [2.05, 4.69) is 5.32 Å². The molecule has 0 bridgehead atoms. The van der Waals surface area contributed by atoms with Crippen molar-refractivity contribution in [2.24, 2.45) is 0 Å². The summed E-state index contributed by atoms with van der Waals surface area (Å²) in [5, 5.41) is 2.23. The normalized spacial score (nSPS) is 20.6. The SMILES string of the molecule is COC(C)CCC(=O)N1CC(=O)NC(=O)C1(C)C. The molecule has 1 aliphatic rings. The van der Waals surface area contributed by atoms with Crippen LogP contribution in [0.5, 0.6) is 0 Å². The van der Waals surface area contributed by atoms with Gasteiger partial charge < -0.3 is 9.64 Å². The summed E-state index contributed by atoms with van der Waals surface area (Å²) in [6.07, 6.45) is 0.808. The van der Waals surface area contributed by atoms with Crippen LogP contribution in [0.4, 0.5) is 0 Å². The van der Waals surface area contributed by atoms with Gasteiger partial charge in [-0.2, -0.15) is 0 Å². The number of carbonyl (C=O) groups excluding carboxylic acids is 3. The van der Waals surface area contributed by atoms with Crippen molar-refractivity contribution < 1.29 is 19.1 Å². The highest BCUT2D eigenvalue weighted by Gasteiger charge is 2.43. The Kier molecular flexibility index (Phi) is 4.45. The topological polar surface area (TPSA) is 75.7 Å². The van der Waals surface area contributed by atoms with E-state index in [9.17, 15) is 14.4 Å². The van der Waals surface area contributed by atoms with Gasteiger partial charge in [0.1, 0.15) is 12.1 Å². The second kappa shape index (κ2) is 5.48. The number of piperazine rings is 1. The van der Waals surface area contributed by atoms with Crippen LogP contribution in [0, 0.1) is 0 Å². The molecule has 1 aliphatic heterocycles. The number of carbonyl (C=O) groups is 3. The summed E-state index contributed by atoms with van der Waals surface area (Å²) in [6, 6.07) is 0. The summed E-state index contributed by atoms with van der Waals surface area (Å²) in [7, 11) is 1.58. The number of hydrogen-bond donors (Lipinski definition) is 1. The van der Waals surface area contributed by atoms with Crippen LogP contribution in [0.3, 0.4) is 0 Å². The largest absolute Gasteiger partial charge is 0.382 e. The smallest absolute Gasteiger partial charge is 0.252 e. The average Bonchev–Trinajstić information content (AvgIpc) is 2.30. The fraction of sp³-hybridized carbons (Fsp3) is 0.750. The van der Waals surface area contributed by atoms with E-state index in [-0.39, 0.29) is 25.0 Å². The first kappa shape index (κ1) is 14.6. The van der Waals surface area contributed by atoms with Gasteiger partial charge in [0.15, 0.2) is 0 Å². The lowest BCUT2D eigenvalue weighted by atomic mass is 9.97. The molecule has 0 spiro atoms. The van der Waals surface area contributed by atoms with E-state index in [4.69, 9.17) is 4.74 Å². The van der Waals surface area contributed by atoms with E-state index in [1.807, 2.05) is 6.92 Å². The van der Waals surface area contributed by atoms with Crippen molar-refractivity contribution in [1.82, 2.24) is 10.2 Å². The van der Waals surface area contributed by atoms with Crippen LogP contribution < -0.4 is 5.32 Å². The molecule has 1 unspecified atom stereocenters. The molecule has 1 N–H and O–H groups in total. The predicted molar refractivity (Wildman–Crippen MR) is 64.6 cm³/mol. The molecule has 1 heterocycles. The van der Waals surface area contributed by atoms with E-state index in [1.54, 1.807) is 21.0 Å². The zero-order valence-corrected chi connectivity index (χ0v) is 11.3. The number of ether oxygens (including phenoxy) is 1. The lowest BCUT2D eigenvalue weighted by Crippen LogP contribution is -2.65. The highest BCUT2D eigenvalue weighted by molar-refractivity contribution is 6.06. The maximum absolute atomic E-state index is 12.1. The third kappa shape index (κ3) is 3.07. The quantitative estimate of drug-likeness (QED) is 0.722. The fourth-order valence-electron chi connectivity index (χ4n) is 1.76. The Labute approximate surface area is 107 Å². The second-order valence-electron chi connectivity index (χ2n) is 5.00. The van der Waals surface area contributed by atoms with Crippen LogP contribution in [-0.4, -0.2) is 47.9 Å². The Balaban J connectivity index is 2.70. The third-order valence-corrected chi connectivity index (χ3v) is 3.25. The van der Waals surface area contributed by atoms with Crippen molar-refractivity contribution in [1.29, 1.82) is 0 Å². The van der Waals surface area contributed by atoms with Crippen LogP contribution in [0.1, 0.15) is 33.6 Å². The van der Waals surface area contributed by atoms with Gasteiger partial charge in [0.25, 0.3) is 5.91 Å². The molecule has 0 aromatic carbocycles. The molecule has 0 aromatic heterocycles.